The summed E-state index contributed by atoms with van der Waals surface area (Å²) in [5.74, 6) is -0.0556. The Morgan fingerprint density at radius 1 is 1.28 bits per heavy atom. The average Bonchev–Trinajstić information content (AvgIpc) is 2.46. The molecule has 0 aliphatic rings. The molecule has 1 N–H and O–H groups in total. The van der Waals surface area contributed by atoms with E-state index >= 15 is 0 Å². The number of hydrogen-bond donors (Lipinski definition) is 1. The van der Waals surface area contributed by atoms with E-state index in [-0.39, 0.29) is 5.91 Å². The number of nitrogens with one attached hydrogen (secondary N) is 1. The third-order valence-electron chi connectivity index (χ3n) is 2.28. The van der Waals surface area contributed by atoms with Crippen LogP contribution in [0.15, 0.2) is 30.3 Å². The molecule has 1 aromatic carbocycles. The van der Waals surface area contributed by atoms with Crippen molar-refractivity contribution < 1.29 is 9.59 Å². The van der Waals surface area contributed by atoms with Gasteiger partial charge in [0.25, 0.3) is 0 Å². The van der Waals surface area contributed by atoms with Crippen molar-refractivity contribution in [1.82, 2.24) is 10.2 Å². The second kappa shape index (κ2) is 10.3. The maximum absolute atomic E-state index is 11.0. The molecule has 4 heteroatoms. The Kier molecular flexibility index (Phi) is 9.27. The minimum atomic E-state index is -0.0556. The normalized spacial score (nSPS) is 8.83. The van der Waals surface area contributed by atoms with Crippen molar-refractivity contribution >= 4 is 12.3 Å². The average molecular weight is 250 g/mol. The van der Waals surface area contributed by atoms with Gasteiger partial charge in [0, 0.05) is 26.6 Å². The van der Waals surface area contributed by atoms with Gasteiger partial charge in [0.1, 0.15) is 0 Å². The number of rotatable bonds is 6. The molecule has 0 bridgehead atoms. The standard InChI is InChI=1S/C12H16N2O2.C2H6/c1-13-12(16)7-8-14(10-15)9-11-5-3-2-4-6-11;1-2/h2-6,10H,7-9H2,1H3,(H,13,16);1-2H3. The molecule has 0 unspecified atom stereocenters. The summed E-state index contributed by atoms with van der Waals surface area (Å²) in [6.45, 7) is 4.99. The summed E-state index contributed by atoms with van der Waals surface area (Å²) in [4.78, 5) is 23.4. The highest BCUT2D eigenvalue weighted by Gasteiger charge is 2.05. The first-order valence-electron chi connectivity index (χ1n) is 6.20. The first-order chi connectivity index (χ1) is 8.76. The van der Waals surface area contributed by atoms with E-state index < -0.39 is 0 Å². The van der Waals surface area contributed by atoms with Gasteiger partial charge in [0.15, 0.2) is 0 Å². The van der Waals surface area contributed by atoms with Crippen LogP contribution in [-0.4, -0.2) is 30.8 Å². The van der Waals surface area contributed by atoms with Crippen molar-refractivity contribution in [2.24, 2.45) is 0 Å². The first-order valence-corrected chi connectivity index (χ1v) is 6.20. The van der Waals surface area contributed by atoms with Crippen molar-refractivity contribution in [1.29, 1.82) is 0 Å². The molecular formula is C14H22N2O2. The van der Waals surface area contributed by atoms with E-state index in [1.54, 1.807) is 11.9 Å². The SMILES string of the molecule is CC.CNC(=O)CCN(C=O)Cc1ccccc1. The van der Waals surface area contributed by atoms with Crippen molar-refractivity contribution in [2.45, 2.75) is 26.8 Å². The lowest BCUT2D eigenvalue weighted by Crippen LogP contribution is -2.28. The lowest BCUT2D eigenvalue weighted by molar-refractivity contribution is -0.122. The Morgan fingerprint density at radius 2 is 1.89 bits per heavy atom. The molecule has 0 aromatic heterocycles. The second-order valence-corrected chi connectivity index (χ2v) is 3.48. The zero-order valence-electron chi connectivity index (χ0n) is 11.3. The Morgan fingerprint density at radius 3 is 2.39 bits per heavy atom. The van der Waals surface area contributed by atoms with Crippen molar-refractivity contribution in [2.75, 3.05) is 13.6 Å². The van der Waals surface area contributed by atoms with Gasteiger partial charge in [0.05, 0.1) is 0 Å². The van der Waals surface area contributed by atoms with Gasteiger partial charge in [-0.2, -0.15) is 0 Å². The van der Waals surface area contributed by atoms with E-state index in [0.29, 0.717) is 19.5 Å². The topological polar surface area (TPSA) is 49.4 Å². The van der Waals surface area contributed by atoms with Gasteiger partial charge >= 0.3 is 0 Å². The first kappa shape index (κ1) is 16.2. The van der Waals surface area contributed by atoms with E-state index in [1.807, 2.05) is 44.2 Å². The molecule has 18 heavy (non-hydrogen) atoms. The molecule has 0 spiro atoms. The van der Waals surface area contributed by atoms with Gasteiger partial charge in [-0.1, -0.05) is 44.2 Å². The van der Waals surface area contributed by atoms with E-state index in [9.17, 15) is 9.59 Å². The lowest BCUT2D eigenvalue weighted by Gasteiger charge is -2.16. The largest absolute Gasteiger partial charge is 0.359 e. The number of amides is 2. The van der Waals surface area contributed by atoms with Gasteiger partial charge < -0.3 is 10.2 Å². The molecule has 2 amide bonds. The van der Waals surface area contributed by atoms with Crippen LogP contribution in [-0.2, 0) is 16.1 Å². The molecule has 1 aromatic rings. The van der Waals surface area contributed by atoms with E-state index in [1.165, 1.54) is 0 Å². The summed E-state index contributed by atoms with van der Waals surface area (Å²) >= 11 is 0. The third kappa shape index (κ3) is 6.68. The quantitative estimate of drug-likeness (QED) is 0.783. The fraction of sp³-hybridized carbons (Fsp3) is 0.429. The Bertz CT molecular complexity index is 339. The second-order valence-electron chi connectivity index (χ2n) is 3.48. The van der Waals surface area contributed by atoms with Gasteiger partial charge in [-0.05, 0) is 5.56 Å². The number of hydrogen-bond acceptors (Lipinski definition) is 2. The van der Waals surface area contributed by atoms with Crippen molar-refractivity contribution in [3.63, 3.8) is 0 Å². The highest BCUT2D eigenvalue weighted by molar-refractivity contribution is 5.75. The molecule has 0 aliphatic carbocycles. The monoisotopic (exact) mass is 250 g/mol. The van der Waals surface area contributed by atoms with Gasteiger partial charge in [0.2, 0.25) is 12.3 Å². The van der Waals surface area contributed by atoms with Crippen LogP contribution in [0.1, 0.15) is 25.8 Å². The lowest BCUT2D eigenvalue weighted by atomic mass is 10.2. The molecular weight excluding hydrogens is 228 g/mol. The van der Waals surface area contributed by atoms with Crippen LogP contribution in [0, 0.1) is 0 Å². The van der Waals surface area contributed by atoms with Crippen molar-refractivity contribution in [3.8, 4) is 0 Å². The van der Waals surface area contributed by atoms with E-state index in [4.69, 9.17) is 0 Å². The van der Waals surface area contributed by atoms with Gasteiger partial charge in [-0.15, -0.1) is 0 Å². The molecule has 0 aliphatic heterocycles. The highest BCUT2D eigenvalue weighted by Crippen LogP contribution is 2.03. The molecule has 0 heterocycles. The van der Waals surface area contributed by atoms with Crippen LogP contribution in [0.25, 0.3) is 0 Å². The molecule has 0 saturated heterocycles. The molecule has 0 atom stereocenters. The Labute approximate surface area is 109 Å². The fourth-order valence-corrected chi connectivity index (χ4v) is 1.36. The number of benzene rings is 1. The van der Waals surface area contributed by atoms with Crippen molar-refractivity contribution in [3.05, 3.63) is 35.9 Å². The molecule has 4 nitrogen and oxygen atoms in total. The minimum absolute atomic E-state index is 0.0556. The zero-order valence-corrected chi connectivity index (χ0v) is 11.3. The fourth-order valence-electron chi connectivity index (χ4n) is 1.36. The predicted octanol–water partition coefficient (Wildman–Crippen LogP) is 1.81. The number of carbonyl (C=O) groups is 2. The smallest absolute Gasteiger partial charge is 0.221 e. The highest BCUT2D eigenvalue weighted by atomic mass is 16.2. The molecule has 100 valence electrons. The molecule has 1 rings (SSSR count). The van der Waals surface area contributed by atoms with Crippen LogP contribution >= 0.6 is 0 Å². The predicted molar refractivity (Wildman–Crippen MR) is 72.9 cm³/mol. The molecule has 0 radical (unpaired) electrons. The molecule has 0 fully saturated rings. The van der Waals surface area contributed by atoms with Crippen LogP contribution in [0.3, 0.4) is 0 Å². The number of carbonyl (C=O) groups excluding carboxylic acids is 2. The van der Waals surface area contributed by atoms with E-state index in [2.05, 4.69) is 5.32 Å². The summed E-state index contributed by atoms with van der Waals surface area (Å²) in [5.41, 5.74) is 1.06. The Hall–Kier alpha value is -1.84. The van der Waals surface area contributed by atoms with E-state index in [0.717, 1.165) is 12.0 Å². The zero-order chi connectivity index (χ0) is 13.8. The van der Waals surface area contributed by atoms with Gasteiger partial charge in [-0.3, -0.25) is 9.59 Å². The third-order valence-corrected chi connectivity index (χ3v) is 2.28. The summed E-state index contributed by atoms with van der Waals surface area (Å²) in [6.07, 6.45) is 1.11. The van der Waals surface area contributed by atoms with Crippen LogP contribution in [0.2, 0.25) is 0 Å². The Balaban J connectivity index is 0.00000137. The van der Waals surface area contributed by atoms with Crippen LogP contribution < -0.4 is 5.32 Å². The molecule has 0 saturated carbocycles. The number of nitrogens with zero attached hydrogens (tertiary/aromatic N) is 1. The van der Waals surface area contributed by atoms with Crippen LogP contribution in [0.4, 0.5) is 0 Å². The summed E-state index contributed by atoms with van der Waals surface area (Å²) in [5, 5.41) is 2.53. The minimum Gasteiger partial charge on any atom is -0.359 e. The maximum atomic E-state index is 11.0. The van der Waals surface area contributed by atoms with Gasteiger partial charge in [-0.25, -0.2) is 0 Å². The summed E-state index contributed by atoms with van der Waals surface area (Å²) in [7, 11) is 1.59. The summed E-state index contributed by atoms with van der Waals surface area (Å²) < 4.78 is 0. The maximum Gasteiger partial charge on any atom is 0.221 e. The summed E-state index contributed by atoms with van der Waals surface area (Å²) in [6, 6.07) is 9.69. The van der Waals surface area contributed by atoms with Crippen LogP contribution in [0.5, 0.6) is 0 Å².